The number of likely N-dealkylation sites (tertiary alicyclic amines) is 1. The molecule has 0 aliphatic carbocycles. The van der Waals surface area contributed by atoms with E-state index < -0.39 is 95.7 Å². The number of nitrogens with two attached hydrogens (primary N) is 3. The van der Waals surface area contributed by atoms with Gasteiger partial charge in [-0.25, -0.2) is 4.79 Å². The number of aliphatic imine (C=N–C) groups is 1. The summed E-state index contributed by atoms with van der Waals surface area (Å²) in [5.74, 6) is -5.60. The quantitative estimate of drug-likeness (QED) is 0.0112. The van der Waals surface area contributed by atoms with E-state index >= 15 is 0 Å². The van der Waals surface area contributed by atoms with Gasteiger partial charge in [0.25, 0.3) is 0 Å². The number of primary amides is 1. The van der Waals surface area contributed by atoms with Gasteiger partial charge in [-0.15, -0.1) is 4.91 Å². The molecule has 1 aliphatic heterocycles. The lowest BCUT2D eigenvalue weighted by Gasteiger charge is -2.27. The maximum atomic E-state index is 14.5. The largest absolute Gasteiger partial charge is 0.497 e. The number of amides is 8. The summed E-state index contributed by atoms with van der Waals surface area (Å²) in [7, 11) is 2.66. The molecular formula is C57H72N14O13. The van der Waals surface area contributed by atoms with Gasteiger partial charge >= 0.3 is 5.63 Å². The molecular weight excluding hydrogens is 1090 g/mol. The van der Waals surface area contributed by atoms with E-state index in [0.717, 1.165) is 10.8 Å². The zero-order valence-corrected chi connectivity index (χ0v) is 47.3. The molecule has 1 aliphatic rings. The standard InChI is InChI=1S/C56H69N13O12.CH3NO/c1-31(2)23-42(66-55(78)45-12-8-22-69(45)48(71)26-36-27-49(72)81-46-28-39(80-4)19-20-40(36)46)52(75)62-30-47(70)64-43(25-33-13-14-34-9-5-6-10-35(34)24-33)53(76)67-44(29-61-37-15-17-38(68-79)18-16-37)54(77)63-32(3)51(74)65-41(50(57)73)11-7-21-60-56(58)59;1-2-3/h5-6,9-10,13-20,24,27-28,31-32,41-45,61H,7-8,11-12,21-23,25-26,29-30H2,1-4H3,(H2,57,73)(H,62,75)(H,63,77)(H,64,70)(H,65,74)(H,66,78)(H,67,76)(H4,58,59,60);1H3. The van der Waals surface area contributed by atoms with Gasteiger partial charge in [0.05, 0.1) is 27.1 Å². The number of carbonyl (C=O) groups is 8. The topological polar surface area (TPSA) is 413 Å². The van der Waals surface area contributed by atoms with Crippen LogP contribution in [0.5, 0.6) is 5.75 Å². The Labute approximate surface area is 483 Å². The van der Waals surface area contributed by atoms with Crippen LogP contribution >= 0.6 is 0 Å². The molecule has 27 heteroatoms. The number of nitrogens with zero attached hydrogens (tertiary/aromatic N) is 4. The highest BCUT2D eigenvalue weighted by Gasteiger charge is 2.37. The Hall–Kier alpha value is -9.82. The average molecular weight is 1160 g/mol. The van der Waals surface area contributed by atoms with Crippen LogP contribution in [0.15, 0.2) is 116 Å². The van der Waals surface area contributed by atoms with E-state index in [1.807, 2.05) is 50.2 Å². The van der Waals surface area contributed by atoms with Crippen LogP contribution < -0.4 is 64.8 Å². The van der Waals surface area contributed by atoms with Crippen LogP contribution in [0.3, 0.4) is 0 Å². The third-order valence-electron chi connectivity index (χ3n) is 13.4. The molecule has 4 aromatic carbocycles. The van der Waals surface area contributed by atoms with Gasteiger partial charge in [-0.2, -0.15) is 4.91 Å². The minimum absolute atomic E-state index is 0.0849. The number of ether oxygens (including phenoxy) is 1. The fraction of sp³-hybridized carbons (Fsp3) is 0.404. The fourth-order valence-electron chi connectivity index (χ4n) is 9.21. The Morgan fingerprint density at radius 2 is 1.45 bits per heavy atom. The lowest BCUT2D eigenvalue weighted by molar-refractivity contribution is -0.139. The lowest BCUT2D eigenvalue weighted by Crippen LogP contribution is -2.59. The summed E-state index contributed by atoms with van der Waals surface area (Å²) in [5.41, 5.74) is 17.5. The van der Waals surface area contributed by atoms with Gasteiger partial charge in [0.15, 0.2) is 5.96 Å². The number of fused-ring (bicyclic) bond motifs is 2. The molecule has 0 saturated carbocycles. The number of benzene rings is 4. The molecule has 1 fully saturated rings. The minimum atomic E-state index is -1.44. The third-order valence-corrected chi connectivity index (χ3v) is 13.4. The number of anilines is 1. The minimum Gasteiger partial charge on any atom is -0.497 e. The van der Waals surface area contributed by atoms with Crippen molar-refractivity contribution in [1.29, 1.82) is 0 Å². The zero-order valence-electron chi connectivity index (χ0n) is 47.3. The van der Waals surface area contributed by atoms with Crippen molar-refractivity contribution in [3.05, 3.63) is 122 Å². The number of hydrogen-bond acceptors (Lipinski definition) is 17. The molecule has 1 aromatic heterocycles. The molecule has 27 nitrogen and oxygen atoms in total. The first-order valence-corrected chi connectivity index (χ1v) is 27.0. The SMILES string of the molecule is CN=O.COc1ccc2c(CC(=O)N3CCCC3C(=O)NC(CC(C)C)C(=O)NCC(=O)NC(Cc3ccc4ccccc4c3)C(=O)NC(CNc3ccc(N=O)cc3)C(=O)NC(C)C(=O)NC(CCCN=C(N)N)C(N)=O)cc(=O)oc2c1. The number of rotatable bonds is 28. The van der Waals surface area contributed by atoms with Gasteiger partial charge in [-0.3, -0.25) is 43.3 Å². The number of methoxy groups -OCH3 is 1. The Morgan fingerprint density at radius 3 is 2.12 bits per heavy atom. The molecule has 1 saturated heterocycles. The highest BCUT2D eigenvalue weighted by atomic mass is 16.5. The van der Waals surface area contributed by atoms with Gasteiger partial charge in [0.2, 0.25) is 47.3 Å². The van der Waals surface area contributed by atoms with Crippen LogP contribution in [0, 0.1) is 15.7 Å². The van der Waals surface area contributed by atoms with E-state index in [-0.39, 0.29) is 74.9 Å². The van der Waals surface area contributed by atoms with Crippen molar-refractivity contribution in [3.8, 4) is 5.75 Å². The first-order valence-electron chi connectivity index (χ1n) is 27.0. The van der Waals surface area contributed by atoms with E-state index in [1.165, 1.54) is 56.3 Å². The summed E-state index contributed by atoms with van der Waals surface area (Å²) in [4.78, 5) is 147. The second-order valence-electron chi connectivity index (χ2n) is 20.2. The number of nitroso groups, excluding NO2 is 2. The number of guanidine groups is 1. The maximum absolute atomic E-state index is 14.5. The van der Waals surface area contributed by atoms with Gasteiger partial charge in [-0.1, -0.05) is 61.5 Å². The molecule has 0 bridgehead atoms. The van der Waals surface area contributed by atoms with Crippen LogP contribution in [-0.2, 0) is 51.2 Å². The zero-order chi connectivity index (χ0) is 61.5. The van der Waals surface area contributed by atoms with Crippen molar-refractivity contribution >= 4 is 86.3 Å². The summed E-state index contributed by atoms with van der Waals surface area (Å²) >= 11 is 0. The number of hydrogen-bond donors (Lipinski definition) is 10. The Bertz CT molecular complexity index is 3260. The Balaban J connectivity index is 0.00000421. The van der Waals surface area contributed by atoms with Crippen molar-refractivity contribution in [3.63, 3.8) is 0 Å². The number of nitrogens with one attached hydrogen (secondary N) is 7. The van der Waals surface area contributed by atoms with Crippen molar-refractivity contribution in [2.24, 2.45) is 38.5 Å². The van der Waals surface area contributed by atoms with Crippen LogP contribution in [0.1, 0.15) is 64.0 Å². The highest BCUT2D eigenvalue weighted by Crippen LogP contribution is 2.26. The van der Waals surface area contributed by atoms with Crippen LogP contribution in [0.4, 0.5) is 11.4 Å². The number of carbonyl (C=O) groups excluding carboxylic acids is 8. The Kier molecular flexibility index (Phi) is 24.7. The molecule has 6 rings (SSSR count). The van der Waals surface area contributed by atoms with E-state index in [4.69, 9.17) is 31.3 Å². The van der Waals surface area contributed by atoms with Gasteiger partial charge in [0.1, 0.15) is 53.3 Å². The summed E-state index contributed by atoms with van der Waals surface area (Å²) in [5, 5.41) is 26.3. The molecule has 0 radical (unpaired) electrons. The molecule has 6 unspecified atom stereocenters. The molecule has 5 aromatic rings. The highest BCUT2D eigenvalue weighted by molar-refractivity contribution is 5.98. The molecule has 448 valence electrons. The first-order chi connectivity index (χ1) is 40.1. The summed E-state index contributed by atoms with van der Waals surface area (Å²) in [6.07, 6.45) is 1.05. The fourth-order valence-corrected chi connectivity index (χ4v) is 9.21. The Morgan fingerprint density at radius 1 is 0.762 bits per heavy atom. The van der Waals surface area contributed by atoms with Crippen LogP contribution in [-0.4, -0.2) is 135 Å². The molecule has 6 atom stereocenters. The van der Waals surface area contributed by atoms with E-state index in [9.17, 15) is 48.1 Å². The monoisotopic (exact) mass is 1160 g/mol. The van der Waals surface area contributed by atoms with Crippen molar-refractivity contribution < 1.29 is 47.5 Å². The van der Waals surface area contributed by atoms with Gasteiger partial charge in [0, 0.05) is 49.3 Å². The average Bonchev–Trinajstić information content (AvgIpc) is 4.14. The van der Waals surface area contributed by atoms with E-state index in [1.54, 1.807) is 24.3 Å². The molecule has 0 spiro atoms. The summed E-state index contributed by atoms with van der Waals surface area (Å²) < 4.78 is 10.6. The second kappa shape index (κ2) is 32.0. The van der Waals surface area contributed by atoms with Gasteiger partial charge < -0.3 is 68.5 Å². The van der Waals surface area contributed by atoms with E-state index in [0.29, 0.717) is 40.8 Å². The predicted octanol–water partition coefficient (Wildman–Crippen LogP) is 1.77. The normalized spacial score (nSPS) is 14.4. The van der Waals surface area contributed by atoms with Gasteiger partial charge in [-0.05, 0) is 108 Å². The van der Waals surface area contributed by atoms with Crippen molar-refractivity contribution in [2.75, 3.05) is 45.7 Å². The summed E-state index contributed by atoms with van der Waals surface area (Å²) in [6, 6.07) is 17.7. The first kappa shape index (κ1) is 65.0. The van der Waals surface area contributed by atoms with Crippen LogP contribution in [0.25, 0.3) is 21.7 Å². The van der Waals surface area contributed by atoms with E-state index in [2.05, 4.69) is 52.6 Å². The maximum Gasteiger partial charge on any atom is 0.336 e. The second-order valence-corrected chi connectivity index (χ2v) is 20.2. The van der Waals surface area contributed by atoms with Crippen LogP contribution in [0.2, 0.25) is 0 Å². The molecule has 2 heterocycles. The third kappa shape index (κ3) is 19.7. The van der Waals surface area contributed by atoms with Crippen molar-refractivity contribution in [2.45, 2.75) is 102 Å². The smallest absolute Gasteiger partial charge is 0.336 e. The summed E-state index contributed by atoms with van der Waals surface area (Å²) in [6.45, 7) is 4.54. The molecule has 84 heavy (non-hydrogen) atoms. The molecule has 13 N–H and O–H groups in total. The lowest BCUT2D eigenvalue weighted by atomic mass is 10.0. The van der Waals surface area contributed by atoms with Crippen molar-refractivity contribution in [1.82, 2.24) is 36.8 Å². The predicted molar refractivity (Wildman–Crippen MR) is 314 cm³/mol. The molecule has 8 amide bonds.